The van der Waals surface area contributed by atoms with Crippen LogP contribution in [0.1, 0.15) is 34.6 Å². The molecule has 6 heteroatoms. The molecule has 2 saturated heterocycles. The van der Waals surface area contributed by atoms with Crippen LogP contribution in [0.25, 0.3) is 11.1 Å². The Balaban J connectivity index is 1.40. The monoisotopic (exact) mass is 466 g/mol. The lowest BCUT2D eigenvalue weighted by Crippen LogP contribution is -2.57. The third-order valence-corrected chi connectivity index (χ3v) is 7.89. The molecule has 0 bridgehead atoms. The molecular formula is C28H38N2O4+2. The predicted octanol–water partition coefficient (Wildman–Crippen LogP) is 3.45. The fourth-order valence-corrected chi connectivity index (χ4v) is 5.12. The first-order chi connectivity index (χ1) is 16.5. The maximum atomic E-state index is 13.0. The van der Waals surface area contributed by atoms with Gasteiger partial charge in [0.25, 0.3) is 0 Å². The lowest BCUT2D eigenvalue weighted by atomic mass is 9.99. The molecular weight excluding hydrogens is 428 g/mol. The number of carbonyl (C=O) groups excluding carboxylic acids is 2. The topological polar surface area (TPSA) is 52.6 Å². The maximum Gasteiger partial charge on any atom is 0.216 e. The van der Waals surface area contributed by atoms with Crippen molar-refractivity contribution in [3.8, 4) is 11.1 Å². The predicted molar refractivity (Wildman–Crippen MR) is 133 cm³/mol. The number of morpholine rings is 2. The van der Waals surface area contributed by atoms with Gasteiger partial charge in [0, 0.05) is 11.1 Å². The summed E-state index contributed by atoms with van der Waals surface area (Å²) in [6, 6.07) is 15.7. The van der Waals surface area contributed by atoms with Gasteiger partial charge in [-0.25, -0.2) is 0 Å². The highest BCUT2D eigenvalue weighted by atomic mass is 16.5. The zero-order chi connectivity index (χ0) is 24.0. The molecule has 2 aliphatic rings. The third-order valence-electron chi connectivity index (χ3n) is 7.89. The normalized spacial score (nSPS) is 19.5. The minimum atomic E-state index is 0.187. The van der Waals surface area contributed by atoms with Crippen LogP contribution in [0.4, 0.5) is 0 Å². The first-order valence-corrected chi connectivity index (χ1v) is 12.6. The van der Waals surface area contributed by atoms with Crippen LogP contribution < -0.4 is 0 Å². The highest BCUT2D eigenvalue weighted by molar-refractivity contribution is 5.98. The van der Waals surface area contributed by atoms with Crippen LogP contribution in [0, 0.1) is 0 Å². The molecule has 6 nitrogen and oxygen atoms in total. The maximum absolute atomic E-state index is 13.0. The molecule has 2 fully saturated rings. The van der Waals surface area contributed by atoms with E-state index in [-0.39, 0.29) is 11.6 Å². The Hall–Kier alpha value is -2.38. The summed E-state index contributed by atoms with van der Waals surface area (Å²) >= 11 is 0. The standard InChI is InChI=1S/C28H38N2O4/c1-3-29(13-17-33-18-14-29)21-27(31)25-9-5-23(6-10-25)24-7-11-26(12-8-24)28(32)22-30(4-2)15-19-34-20-16-30/h5-12H,3-4,13-22H2,1-2H3/q+2. The molecule has 2 heterocycles. The Morgan fingerprint density at radius 1 is 0.618 bits per heavy atom. The number of carbonyl (C=O) groups is 2. The SMILES string of the molecule is CC[N+]1(CC(=O)c2ccc(-c3ccc(C(=O)C[N+]4(CC)CCOCC4)cc3)cc2)CCOCC1. The van der Waals surface area contributed by atoms with Crippen LogP contribution in [0.3, 0.4) is 0 Å². The fourth-order valence-electron chi connectivity index (χ4n) is 5.12. The van der Waals surface area contributed by atoms with Crippen molar-refractivity contribution in [1.29, 1.82) is 0 Å². The van der Waals surface area contributed by atoms with E-state index in [1.54, 1.807) is 0 Å². The molecule has 0 saturated carbocycles. The molecule has 0 unspecified atom stereocenters. The summed E-state index contributed by atoms with van der Waals surface area (Å²) in [5.74, 6) is 0.375. The van der Waals surface area contributed by atoms with Crippen LogP contribution in [0.2, 0.25) is 0 Å². The molecule has 2 aromatic carbocycles. The minimum absolute atomic E-state index is 0.187. The van der Waals surface area contributed by atoms with Crippen molar-refractivity contribution in [3.63, 3.8) is 0 Å². The van der Waals surface area contributed by atoms with Crippen LogP contribution in [-0.4, -0.2) is 99.3 Å². The van der Waals surface area contributed by atoms with E-state index in [1.165, 1.54) is 0 Å². The highest BCUT2D eigenvalue weighted by Crippen LogP contribution is 2.22. The van der Waals surface area contributed by atoms with Crippen LogP contribution in [0.5, 0.6) is 0 Å². The summed E-state index contributed by atoms with van der Waals surface area (Å²) in [4.78, 5) is 25.9. The first kappa shape index (κ1) is 24.7. The summed E-state index contributed by atoms with van der Waals surface area (Å²) in [5.41, 5.74) is 3.61. The number of rotatable bonds is 9. The zero-order valence-electron chi connectivity index (χ0n) is 20.6. The summed E-state index contributed by atoms with van der Waals surface area (Å²) in [6.07, 6.45) is 0. The van der Waals surface area contributed by atoms with Crippen molar-refractivity contribution >= 4 is 11.6 Å². The van der Waals surface area contributed by atoms with E-state index in [4.69, 9.17) is 9.47 Å². The van der Waals surface area contributed by atoms with Gasteiger partial charge in [-0.3, -0.25) is 9.59 Å². The van der Waals surface area contributed by atoms with Gasteiger partial charge in [0.2, 0.25) is 11.6 Å². The molecule has 0 amide bonds. The Bertz CT molecular complexity index is 891. The van der Waals surface area contributed by atoms with Gasteiger partial charge in [-0.05, 0) is 25.0 Å². The Labute approximate surface area is 203 Å². The lowest BCUT2D eigenvalue weighted by molar-refractivity contribution is -0.925. The van der Waals surface area contributed by atoms with Gasteiger partial charge < -0.3 is 18.4 Å². The molecule has 2 aromatic rings. The van der Waals surface area contributed by atoms with E-state index in [1.807, 2.05) is 48.5 Å². The van der Waals surface area contributed by atoms with E-state index in [0.29, 0.717) is 13.1 Å². The quantitative estimate of drug-likeness (QED) is 0.420. The van der Waals surface area contributed by atoms with Crippen LogP contribution in [-0.2, 0) is 9.47 Å². The van der Waals surface area contributed by atoms with E-state index >= 15 is 0 Å². The van der Waals surface area contributed by atoms with Crippen molar-refractivity contribution in [3.05, 3.63) is 59.7 Å². The average molecular weight is 467 g/mol. The fraction of sp³-hybridized carbons (Fsp3) is 0.500. The number of nitrogens with zero attached hydrogens (tertiary/aromatic N) is 2. The number of likely N-dealkylation sites (N-methyl/N-ethyl adjacent to an activating group) is 2. The zero-order valence-corrected chi connectivity index (χ0v) is 20.6. The molecule has 0 radical (unpaired) electrons. The molecule has 182 valence electrons. The summed E-state index contributed by atoms with van der Waals surface area (Å²) < 4.78 is 12.6. The lowest BCUT2D eigenvalue weighted by Gasteiger charge is -2.39. The molecule has 4 rings (SSSR count). The highest BCUT2D eigenvalue weighted by Gasteiger charge is 2.32. The Morgan fingerprint density at radius 2 is 0.941 bits per heavy atom. The van der Waals surface area contributed by atoms with Gasteiger partial charge in [0.05, 0.1) is 39.5 Å². The molecule has 0 aliphatic carbocycles. The number of quaternary nitrogens is 2. The van der Waals surface area contributed by atoms with Gasteiger partial charge in [-0.15, -0.1) is 0 Å². The molecule has 0 spiro atoms. The van der Waals surface area contributed by atoms with E-state index in [2.05, 4.69) is 13.8 Å². The number of Topliss-reactive ketones (excluding diaryl/α,β-unsaturated/α-hetero) is 2. The van der Waals surface area contributed by atoms with Gasteiger partial charge in [-0.1, -0.05) is 48.5 Å². The van der Waals surface area contributed by atoms with Crippen molar-refractivity contribution in [2.24, 2.45) is 0 Å². The van der Waals surface area contributed by atoms with Crippen molar-refractivity contribution in [2.45, 2.75) is 13.8 Å². The second-order valence-electron chi connectivity index (χ2n) is 9.75. The van der Waals surface area contributed by atoms with Crippen molar-refractivity contribution in [2.75, 3.05) is 78.8 Å². The molecule has 2 aliphatic heterocycles. The van der Waals surface area contributed by atoms with Gasteiger partial charge >= 0.3 is 0 Å². The van der Waals surface area contributed by atoms with Gasteiger partial charge in [0.1, 0.15) is 39.3 Å². The number of hydrogen-bond acceptors (Lipinski definition) is 4. The smallest absolute Gasteiger partial charge is 0.216 e. The van der Waals surface area contributed by atoms with E-state index in [9.17, 15) is 9.59 Å². The van der Waals surface area contributed by atoms with Gasteiger partial charge in [-0.2, -0.15) is 0 Å². The number of hydrogen-bond donors (Lipinski definition) is 0. The van der Waals surface area contributed by atoms with E-state index in [0.717, 1.165) is 96.9 Å². The third kappa shape index (κ3) is 5.63. The largest absolute Gasteiger partial charge is 0.370 e. The van der Waals surface area contributed by atoms with Crippen LogP contribution >= 0.6 is 0 Å². The van der Waals surface area contributed by atoms with Crippen molar-refractivity contribution < 1.29 is 28.0 Å². The van der Waals surface area contributed by atoms with Gasteiger partial charge in [0.15, 0.2) is 0 Å². The van der Waals surface area contributed by atoms with Crippen LogP contribution in [0.15, 0.2) is 48.5 Å². The second-order valence-corrected chi connectivity index (χ2v) is 9.75. The molecule has 34 heavy (non-hydrogen) atoms. The Kier molecular flexibility index (Phi) is 7.94. The number of ketones is 2. The summed E-state index contributed by atoms with van der Waals surface area (Å²) in [7, 11) is 0. The second kappa shape index (κ2) is 10.9. The molecule has 0 atom stereocenters. The average Bonchev–Trinajstić information content (AvgIpc) is 2.90. The van der Waals surface area contributed by atoms with Crippen molar-refractivity contribution in [1.82, 2.24) is 0 Å². The summed E-state index contributed by atoms with van der Waals surface area (Å²) in [6.45, 7) is 13.8. The molecule has 0 N–H and O–H groups in total. The number of benzene rings is 2. The number of ether oxygens (including phenoxy) is 2. The molecule has 0 aromatic heterocycles. The summed E-state index contributed by atoms with van der Waals surface area (Å²) in [5, 5.41) is 0. The van der Waals surface area contributed by atoms with E-state index < -0.39 is 0 Å². The first-order valence-electron chi connectivity index (χ1n) is 12.6. The Morgan fingerprint density at radius 3 is 1.24 bits per heavy atom. The minimum Gasteiger partial charge on any atom is -0.370 e.